The molecule has 0 bridgehead atoms. The number of halogens is 1. The zero-order valence-electron chi connectivity index (χ0n) is 15.6. The van der Waals surface area contributed by atoms with Crippen molar-refractivity contribution in [2.45, 2.75) is 38.1 Å². The van der Waals surface area contributed by atoms with Crippen molar-refractivity contribution in [3.05, 3.63) is 46.4 Å². The third-order valence-corrected chi connectivity index (χ3v) is 6.59. The summed E-state index contributed by atoms with van der Waals surface area (Å²) in [4.78, 5) is 10.5. The molecule has 0 spiro atoms. The standard InChI is InChI=1S/C18H26N4O2S2.HI/c1-3-15-13-21-17(25-15)14-22-18(19-4-2)20-11-8-12-26(23,24)16-9-6-5-7-10-16;/h5-7,9-10,13H,3-4,8,11-12,14H2,1-2H3,(H2,19,20,22);1H. The maximum Gasteiger partial charge on any atom is 0.191 e. The maximum absolute atomic E-state index is 12.3. The second-order valence-corrected chi connectivity index (χ2v) is 8.99. The number of rotatable bonds is 9. The number of guanidine groups is 1. The number of nitrogens with one attached hydrogen (secondary N) is 2. The lowest BCUT2D eigenvalue weighted by molar-refractivity contribution is 0.592. The van der Waals surface area contributed by atoms with Crippen molar-refractivity contribution < 1.29 is 8.42 Å². The summed E-state index contributed by atoms with van der Waals surface area (Å²) < 4.78 is 24.5. The van der Waals surface area contributed by atoms with E-state index in [1.807, 2.05) is 19.2 Å². The van der Waals surface area contributed by atoms with E-state index >= 15 is 0 Å². The van der Waals surface area contributed by atoms with E-state index in [9.17, 15) is 8.42 Å². The van der Waals surface area contributed by atoms with E-state index in [4.69, 9.17) is 0 Å². The minimum atomic E-state index is -3.23. The molecule has 0 saturated heterocycles. The highest BCUT2D eigenvalue weighted by Gasteiger charge is 2.13. The Morgan fingerprint density at radius 1 is 1.19 bits per heavy atom. The number of sulfone groups is 1. The van der Waals surface area contributed by atoms with Crippen LogP contribution < -0.4 is 10.6 Å². The second kappa shape index (κ2) is 12.3. The molecule has 1 heterocycles. The Morgan fingerprint density at radius 3 is 2.56 bits per heavy atom. The fourth-order valence-electron chi connectivity index (χ4n) is 2.29. The molecule has 0 aliphatic heterocycles. The molecular formula is C18H27IN4O2S2. The molecular weight excluding hydrogens is 495 g/mol. The number of aliphatic imine (C=N–C) groups is 1. The van der Waals surface area contributed by atoms with E-state index in [0.29, 0.717) is 30.4 Å². The summed E-state index contributed by atoms with van der Waals surface area (Å²) in [5.41, 5.74) is 0. The molecule has 2 N–H and O–H groups in total. The average Bonchev–Trinajstić information content (AvgIpc) is 3.12. The molecule has 150 valence electrons. The summed E-state index contributed by atoms with van der Waals surface area (Å²) in [5, 5.41) is 7.33. The number of hydrogen-bond donors (Lipinski definition) is 2. The SMILES string of the molecule is CCNC(=NCc1ncc(CC)s1)NCCCS(=O)(=O)c1ccccc1.I. The molecule has 27 heavy (non-hydrogen) atoms. The Labute approximate surface area is 182 Å². The normalized spacial score (nSPS) is 11.7. The van der Waals surface area contributed by atoms with Crippen molar-refractivity contribution in [3.8, 4) is 0 Å². The monoisotopic (exact) mass is 522 g/mol. The molecule has 0 amide bonds. The summed E-state index contributed by atoms with van der Waals surface area (Å²) in [6.45, 7) is 5.90. The first-order valence-electron chi connectivity index (χ1n) is 8.78. The number of benzene rings is 1. The fourth-order valence-corrected chi connectivity index (χ4v) is 4.41. The van der Waals surface area contributed by atoms with Crippen molar-refractivity contribution in [2.75, 3.05) is 18.8 Å². The van der Waals surface area contributed by atoms with Crippen LogP contribution >= 0.6 is 35.3 Å². The Balaban J connectivity index is 0.00000364. The van der Waals surface area contributed by atoms with E-state index in [1.54, 1.807) is 35.6 Å². The van der Waals surface area contributed by atoms with Crippen molar-refractivity contribution >= 4 is 51.1 Å². The molecule has 6 nitrogen and oxygen atoms in total. The van der Waals surface area contributed by atoms with E-state index in [-0.39, 0.29) is 29.7 Å². The first-order chi connectivity index (χ1) is 12.5. The first-order valence-corrected chi connectivity index (χ1v) is 11.3. The van der Waals surface area contributed by atoms with Gasteiger partial charge < -0.3 is 10.6 Å². The van der Waals surface area contributed by atoms with Crippen LogP contribution in [-0.4, -0.2) is 38.2 Å². The quantitative estimate of drug-likeness (QED) is 0.229. The largest absolute Gasteiger partial charge is 0.357 e. The molecule has 0 aliphatic rings. The van der Waals surface area contributed by atoms with Crippen LogP contribution in [0.1, 0.15) is 30.2 Å². The van der Waals surface area contributed by atoms with Gasteiger partial charge in [0.1, 0.15) is 5.01 Å². The number of nitrogens with zero attached hydrogens (tertiary/aromatic N) is 2. The second-order valence-electron chi connectivity index (χ2n) is 5.68. The summed E-state index contributed by atoms with van der Waals surface area (Å²) in [6, 6.07) is 8.55. The van der Waals surface area contributed by atoms with E-state index in [1.165, 1.54) is 4.88 Å². The van der Waals surface area contributed by atoms with Crippen molar-refractivity contribution in [2.24, 2.45) is 4.99 Å². The Morgan fingerprint density at radius 2 is 1.93 bits per heavy atom. The van der Waals surface area contributed by atoms with Gasteiger partial charge in [-0.2, -0.15) is 0 Å². The van der Waals surface area contributed by atoms with Crippen molar-refractivity contribution in [1.82, 2.24) is 15.6 Å². The van der Waals surface area contributed by atoms with Gasteiger partial charge in [0.15, 0.2) is 15.8 Å². The molecule has 0 saturated carbocycles. The number of thiazole rings is 1. The summed E-state index contributed by atoms with van der Waals surface area (Å²) >= 11 is 1.67. The summed E-state index contributed by atoms with van der Waals surface area (Å²) in [6.07, 6.45) is 3.39. The van der Waals surface area contributed by atoms with E-state index < -0.39 is 9.84 Å². The molecule has 0 radical (unpaired) electrons. The molecule has 9 heteroatoms. The lowest BCUT2D eigenvalue weighted by Crippen LogP contribution is -2.38. The zero-order chi connectivity index (χ0) is 18.8. The van der Waals surface area contributed by atoms with Gasteiger partial charge >= 0.3 is 0 Å². The fraction of sp³-hybridized carbons (Fsp3) is 0.444. The number of hydrogen-bond acceptors (Lipinski definition) is 5. The van der Waals surface area contributed by atoms with Gasteiger partial charge in [0, 0.05) is 24.2 Å². The average molecular weight is 522 g/mol. The van der Waals surface area contributed by atoms with Crippen LogP contribution in [0, 0.1) is 0 Å². The highest BCUT2D eigenvalue weighted by atomic mass is 127. The molecule has 2 rings (SSSR count). The van der Waals surface area contributed by atoms with E-state index in [2.05, 4.69) is 27.5 Å². The predicted octanol–water partition coefficient (Wildman–Crippen LogP) is 3.24. The molecule has 2 aromatic rings. The third-order valence-electron chi connectivity index (χ3n) is 3.65. The number of aromatic nitrogens is 1. The lowest BCUT2D eigenvalue weighted by atomic mass is 10.4. The van der Waals surface area contributed by atoms with Gasteiger partial charge in [-0.3, -0.25) is 0 Å². The van der Waals surface area contributed by atoms with Crippen LogP contribution in [0.25, 0.3) is 0 Å². The van der Waals surface area contributed by atoms with Gasteiger partial charge in [-0.05, 0) is 31.9 Å². The van der Waals surface area contributed by atoms with Crippen LogP contribution in [0.5, 0.6) is 0 Å². The highest BCUT2D eigenvalue weighted by molar-refractivity contribution is 14.0. The van der Waals surface area contributed by atoms with Crippen LogP contribution in [0.15, 0.2) is 46.4 Å². The molecule has 1 aromatic carbocycles. The van der Waals surface area contributed by atoms with E-state index in [0.717, 1.165) is 18.0 Å². The minimum absolute atomic E-state index is 0. The Kier molecular flexibility index (Phi) is 10.9. The van der Waals surface area contributed by atoms with Gasteiger partial charge in [0.05, 0.1) is 17.2 Å². The number of aryl methyl sites for hydroxylation is 1. The van der Waals surface area contributed by atoms with Crippen LogP contribution in [-0.2, 0) is 22.8 Å². The highest BCUT2D eigenvalue weighted by Crippen LogP contribution is 2.14. The van der Waals surface area contributed by atoms with Crippen LogP contribution in [0.3, 0.4) is 0 Å². The molecule has 1 aromatic heterocycles. The minimum Gasteiger partial charge on any atom is -0.357 e. The predicted molar refractivity (Wildman–Crippen MR) is 123 cm³/mol. The molecule has 0 fully saturated rings. The molecule has 0 aliphatic carbocycles. The molecule has 0 atom stereocenters. The van der Waals surface area contributed by atoms with Crippen molar-refractivity contribution in [3.63, 3.8) is 0 Å². The lowest BCUT2D eigenvalue weighted by Gasteiger charge is -2.11. The van der Waals surface area contributed by atoms with Gasteiger partial charge in [-0.25, -0.2) is 18.4 Å². The van der Waals surface area contributed by atoms with Crippen LogP contribution in [0.2, 0.25) is 0 Å². The third kappa shape index (κ3) is 8.14. The topological polar surface area (TPSA) is 83.4 Å². The Bertz CT molecular complexity index is 808. The van der Waals surface area contributed by atoms with Gasteiger partial charge in [-0.1, -0.05) is 25.1 Å². The van der Waals surface area contributed by atoms with Crippen molar-refractivity contribution in [1.29, 1.82) is 0 Å². The smallest absolute Gasteiger partial charge is 0.191 e. The zero-order valence-corrected chi connectivity index (χ0v) is 19.6. The van der Waals surface area contributed by atoms with Gasteiger partial charge in [-0.15, -0.1) is 35.3 Å². The van der Waals surface area contributed by atoms with Gasteiger partial charge in [0.25, 0.3) is 0 Å². The van der Waals surface area contributed by atoms with Crippen LogP contribution in [0.4, 0.5) is 0 Å². The van der Waals surface area contributed by atoms with Gasteiger partial charge in [0.2, 0.25) is 0 Å². The summed E-state index contributed by atoms with van der Waals surface area (Å²) in [7, 11) is -3.23. The first kappa shape index (κ1) is 23.8. The Hall–Kier alpha value is -1.20. The summed E-state index contributed by atoms with van der Waals surface area (Å²) in [5.74, 6) is 0.785. The molecule has 0 unspecified atom stereocenters. The maximum atomic E-state index is 12.3.